The quantitative estimate of drug-likeness (QED) is 0.0458. The molecule has 1 aliphatic heterocycles. The van der Waals surface area contributed by atoms with E-state index in [-0.39, 0.29) is 37.6 Å². The summed E-state index contributed by atoms with van der Waals surface area (Å²) in [6, 6.07) is 43.9. The second kappa shape index (κ2) is 18.9. The van der Waals surface area contributed by atoms with Gasteiger partial charge in [0.05, 0.1) is 18.8 Å². The molecule has 2 heterocycles. The summed E-state index contributed by atoms with van der Waals surface area (Å²) in [5, 5.41) is 21.8. The number of hydroxylamine groups is 1. The first-order valence-corrected chi connectivity index (χ1v) is 19.6. The molecule has 56 heavy (non-hydrogen) atoms. The van der Waals surface area contributed by atoms with Crippen LogP contribution >= 0.6 is 11.8 Å². The van der Waals surface area contributed by atoms with E-state index < -0.39 is 12.2 Å². The van der Waals surface area contributed by atoms with Gasteiger partial charge in [0.2, 0.25) is 11.8 Å². The molecule has 0 aliphatic carbocycles. The minimum absolute atomic E-state index is 0.0315. The second-order valence-electron chi connectivity index (χ2n) is 13.5. The molecule has 0 spiro atoms. The lowest BCUT2D eigenvalue weighted by atomic mass is 9.97. The Labute approximate surface area is 329 Å². The fraction of sp³-hybridized carbons (Fsp3) is 0.222. The van der Waals surface area contributed by atoms with Crippen LogP contribution in [0.4, 0.5) is 0 Å². The summed E-state index contributed by atoms with van der Waals surface area (Å²) in [4.78, 5) is 28.7. The third kappa shape index (κ3) is 9.81. The molecule has 4 N–H and O–H groups in total. The van der Waals surface area contributed by atoms with Crippen LogP contribution in [0.5, 0.6) is 0 Å². The minimum Gasteiger partial charge on any atom is -0.431 e. The van der Waals surface area contributed by atoms with Crippen LogP contribution in [-0.4, -0.2) is 39.0 Å². The Morgan fingerprint density at radius 3 is 2.11 bits per heavy atom. The van der Waals surface area contributed by atoms with Crippen LogP contribution in [-0.2, 0) is 32.2 Å². The Morgan fingerprint density at radius 1 is 0.732 bits per heavy atom. The molecule has 0 bridgehead atoms. The number of thioether (sulfide) groups is 1. The highest BCUT2D eigenvalue weighted by molar-refractivity contribution is 7.99. The lowest BCUT2D eigenvalue weighted by Crippen LogP contribution is -2.31. The lowest BCUT2D eigenvalue weighted by Gasteiger charge is -2.36. The first-order valence-electron chi connectivity index (χ1n) is 18.6. The van der Waals surface area contributed by atoms with Gasteiger partial charge in [0.1, 0.15) is 5.69 Å². The zero-order valence-electron chi connectivity index (χ0n) is 30.7. The minimum atomic E-state index is -0.641. The van der Waals surface area contributed by atoms with Crippen molar-refractivity contribution < 1.29 is 33.8 Å². The maximum Gasteiger partial charge on any atom is 0.256 e. The molecular weight excluding hydrogens is 727 g/mol. The van der Waals surface area contributed by atoms with Gasteiger partial charge in [-0.1, -0.05) is 145 Å². The monoisotopic (exact) mass is 769 g/mol. The fourth-order valence-electron chi connectivity index (χ4n) is 6.65. The molecule has 11 heteroatoms. The van der Waals surface area contributed by atoms with Gasteiger partial charge in [-0.05, 0) is 34.2 Å². The predicted octanol–water partition coefficient (Wildman–Crippen LogP) is 8.80. The summed E-state index contributed by atoms with van der Waals surface area (Å²) in [6.07, 6.45) is 0.117. The molecule has 0 saturated carbocycles. The van der Waals surface area contributed by atoms with E-state index in [1.54, 1.807) is 5.48 Å². The number of aromatic nitrogens is 1. The number of carbonyl (C=O) groups is 2. The number of amides is 2. The van der Waals surface area contributed by atoms with Crippen LogP contribution in [0.15, 0.2) is 143 Å². The van der Waals surface area contributed by atoms with Crippen molar-refractivity contribution in [2.24, 2.45) is 0 Å². The van der Waals surface area contributed by atoms with Crippen LogP contribution in [0, 0.1) is 0 Å². The Hall–Kier alpha value is -5.56. The number of aliphatic hydroxyl groups is 1. The number of hydrogen-bond acceptors (Lipinski definition) is 9. The summed E-state index contributed by atoms with van der Waals surface area (Å²) in [7, 11) is 0. The summed E-state index contributed by atoms with van der Waals surface area (Å²) in [5.41, 5.74) is 9.93. The van der Waals surface area contributed by atoms with Gasteiger partial charge in [0, 0.05) is 48.3 Å². The van der Waals surface area contributed by atoms with E-state index >= 15 is 0 Å². The zero-order chi connectivity index (χ0) is 38.7. The Balaban J connectivity index is 1.08. The smallest absolute Gasteiger partial charge is 0.256 e. The summed E-state index contributed by atoms with van der Waals surface area (Å²) < 4.78 is 19.7. The largest absolute Gasteiger partial charge is 0.431 e. The Kier molecular flexibility index (Phi) is 13.0. The zero-order valence-corrected chi connectivity index (χ0v) is 31.5. The van der Waals surface area contributed by atoms with Gasteiger partial charge in [-0.25, -0.2) is 10.5 Å². The van der Waals surface area contributed by atoms with Crippen LogP contribution in [0.1, 0.15) is 60.3 Å². The standard InChI is InChI=1S/C45H43N3O7S/c49-28-30-18-20-32(21-19-30)39-26-37(29-56-45-47-42(33-10-3-1-4-11-33)43(55-45)34-12-5-2-6-13-34)53-44(54-39)35-24-22-31(23-25-35)38-15-8-7-14-36(38)27-46-40(50)16-9-17-41(51)48-52/h1-8,10-15,18-25,37,39,44,49,52H,9,16-17,26-29H2,(H,46,50)(H,48,51)/t37-,39+,44+/m1/s1. The summed E-state index contributed by atoms with van der Waals surface area (Å²) >= 11 is 1.52. The van der Waals surface area contributed by atoms with Gasteiger partial charge in [-0.3, -0.25) is 14.8 Å². The van der Waals surface area contributed by atoms with E-state index in [1.807, 2.05) is 133 Å². The molecule has 1 aromatic heterocycles. The first kappa shape index (κ1) is 38.7. The fourth-order valence-corrected chi connectivity index (χ4v) is 7.49. The van der Waals surface area contributed by atoms with Gasteiger partial charge in [-0.15, -0.1) is 0 Å². The third-order valence-electron chi connectivity index (χ3n) is 9.62. The van der Waals surface area contributed by atoms with Crippen molar-refractivity contribution in [3.8, 4) is 33.7 Å². The molecule has 0 unspecified atom stereocenters. The number of oxazole rings is 1. The molecule has 5 aromatic carbocycles. The predicted molar refractivity (Wildman–Crippen MR) is 214 cm³/mol. The highest BCUT2D eigenvalue weighted by atomic mass is 32.2. The number of nitrogens with one attached hydrogen (secondary N) is 2. The number of nitrogens with zero attached hydrogens (tertiary/aromatic N) is 1. The molecule has 2 amide bonds. The van der Waals surface area contributed by atoms with Crippen LogP contribution in [0.25, 0.3) is 33.7 Å². The average Bonchev–Trinajstić information content (AvgIpc) is 3.70. The molecule has 1 saturated heterocycles. The lowest BCUT2D eigenvalue weighted by molar-refractivity contribution is -0.245. The van der Waals surface area contributed by atoms with Crippen molar-refractivity contribution in [2.45, 2.75) is 62.6 Å². The molecule has 1 aliphatic rings. The highest BCUT2D eigenvalue weighted by Crippen LogP contribution is 2.41. The van der Waals surface area contributed by atoms with Crippen LogP contribution in [0.2, 0.25) is 0 Å². The van der Waals surface area contributed by atoms with Crippen molar-refractivity contribution >= 4 is 23.6 Å². The maximum absolute atomic E-state index is 12.4. The van der Waals surface area contributed by atoms with E-state index in [0.29, 0.717) is 30.4 Å². The van der Waals surface area contributed by atoms with E-state index in [0.717, 1.165) is 56.0 Å². The number of rotatable bonds is 15. The molecule has 0 radical (unpaired) electrons. The van der Waals surface area contributed by atoms with E-state index in [4.69, 9.17) is 24.1 Å². The summed E-state index contributed by atoms with van der Waals surface area (Å²) in [6.45, 7) is 0.300. The van der Waals surface area contributed by atoms with Crippen LogP contribution < -0.4 is 10.8 Å². The number of benzene rings is 5. The highest BCUT2D eigenvalue weighted by Gasteiger charge is 2.33. The summed E-state index contributed by atoms with van der Waals surface area (Å²) in [5.74, 6) is 0.621. The number of carbonyl (C=O) groups excluding carboxylic acids is 2. The average molecular weight is 770 g/mol. The molecule has 3 atom stereocenters. The molecule has 6 aromatic rings. The molecule has 1 fully saturated rings. The van der Waals surface area contributed by atoms with Crippen LogP contribution in [0.3, 0.4) is 0 Å². The number of hydrogen-bond donors (Lipinski definition) is 4. The van der Waals surface area contributed by atoms with Crippen molar-refractivity contribution in [3.63, 3.8) is 0 Å². The molecule has 10 nitrogen and oxygen atoms in total. The number of aliphatic hydroxyl groups excluding tert-OH is 1. The van der Waals surface area contributed by atoms with Crippen molar-refractivity contribution in [1.82, 2.24) is 15.8 Å². The van der Waals surface area contributed by atoms with Gasteiger partial charge >= 0.3 is 0 Å². The van der Waals surface area contributed by atoms with Gasteiger partial charge in [-0.2, -0.15) is 0 Å². The second-order valence-corrected chi connectivity index (χ2v) is 14.5. The van der Waals surface area contributed by atoms with Gasteiger partial charge in [0.15, 0.2) is 12.1 Å². The maximum atomic E-state index is 12.4. The third-order valence-corrected chi connectivity index (χ3v) is 10.6. The molecule has 7 rings (SSSR count). The van der Waals surface area contributed by atoms with Crippen molar-refractivity contribution in [2.75, 3.05) is 5.75 Å². The van der Waals surface area contributed by atoms with Gasteiger partial charge in [0.25, 0.3) is 5.22 Å². The normalized spacial score (nSPS) is 16.6. The SMILES string of the molecule is O=C(CCCC(=O)NCc1ccccc1-c1ccc([C@H]2O[C@@H](CSc3nc(-c4ccccc4)c(-c4ccccc4)o3)C[C@@H](c3ccc(CO)cc3)O2)cc1)NO. The Bertz CT molecular complexity index is 2140. The first-order chi connectivity index (χ1) is 27.5. The molecular formula is C45H43N3O7S. The number of ether oxygens (including phenoxy) is 2. The topological polar surface area (TPSA) is 143 Å². The van der Waals surface area contributed by atoms with E-state index in [1.165, 1.54) is 11.8 Å². The van der Waals surface area contributed by atoms with Gasteiger partial charge < -0.3 is 24.3 Å². The molecule has 286 valence electrons. The van der Waals surface area contributed by atoms with E-state index in [9.17, 15) is 14.7 Å². The van der Waals surface area contributed by atoms with Crippen molar-refractivity contribution in [3.05, 3.63) is 156 Å². The van der Waals surface area contributed by atoms with E-state index in [2.05, 4.69) is 5.32 Å². The van der Waals surface area contributed by atoms with Crippen molar-refractivity contribution in [1.29, 1.82) is 0 Å². The Morgan fingerprint density at radius 2 is 1.39 bits per heavy atom.